The Morgan fingerprint density at radius 3 is 2.67 bits per heavy atom. The number of hydrazine groups is 1. The fourth-order valence-corrected chi connectivity index (χ4v) is 1.37. The summed E-state index contributed by atoms with van der Waals surface area (Å²) in [4.78, 5) is 11.3. The van der Waals surface area contributed by atoms with Crippen molar-refractivity contribution < 1.29 is 14.6 Å². The van der Waals surface area contributed by atoms with Gasteiger partial charge in [-0.25, -0.2) is 10.2 Å². The van der Waals surface area contributed by atoms with E-state index in [0.717, 1.165) is 5.56 Å². The molecule has 0 aliphatic carbocycles. The van der Waals surface area contributed by atoms with E-state index in [1.54, 1.807) is 26.8 Å². The fraction of sp³-hybridized carbons (Fsp3) is 0.462. The molecule has 0 atom stereocenters. The van der Waals surface area contributed by atoms with E-state index in [2.05, 4.69) is 10.9 Å². The largest absolute Gasteiger partial charge is 0.508 e. The molecule has 0 saturated heterocycles. The molecule has 0 heterocycles. The van der Waals surface area contributed by atoms with E-state index in [4.69, 9.17) is 4.74 Å². The third-order valence-corrected chi connectivity index (χ3v) is 2.10. The molecule has 0 aliphatic heterocycles. The van der Waals surface area contributed by atoms with Crippen LogP contribution in [0.15, 0.2) is 18.2 Å². The molecule has 0 spiro atoms. The quantitative estimate of drug-likeness (QED) is 0.721. The van der Waals surface area contributed by atoms with E-state index >= 15 is 0 Å². The molecule has 3 N–H and O–H groups in total. The van der Waals surface area contributed by atoms with Crippen molar-refractivity contribution in [3.05, 3.63) is 29.3 Å². The van der Waals surface area contributed by atoms with Crippen molar-refractivity contribution in [2.45, 2.75) is 39.8 Å². The summed E-state index contributed by atoms with van der Waals surface area (Å²) in [5, 5.41) is 9.60. The van der Waals surface area contributed by atoms with Crippen LogP contribution in [0.3, 0.4) is 0 Å². The number of benzene rings is 1. The van der Waals surface area contributed by atoms with Gasteiger partial charge in [0.25, 0.3) is 0 Å². The Morgan fingerprint density at radius 2 is 2.06 bits per heavy atom. The van der Waals surface area contributed by atoms with Gasteiger partial charge in [-0.05, 0) is 33.8 Å². The Hall–Kier alpha value is -1.75. The lowest BCUT2D eigenvalue weighted by molar-refractivity contribution is 0.0496. The summed E-state index contributed by atoms with van der Waals surface area (Å²) in [6.45, 7) is 7.63. The second-order valence-corrected chi connectivity index (χ2v) is 5.11. The average Bonchev–Trinajstić information content (AvgIpc) is 2.20. The van der Waals surface area contributed by atoms with Crippen LogP contribution >= 0.6 is 0 Å². The molecule has 0 aliphatic rings. The number of amides is 1. The highest BCUT2D eigenvalue weighted by molar-refractivity contribution is 5.67. The van der Waals surface area contributed by atoms with E-state index in [-0.39, 0.29) is 5.75 Å². The normalized spacial score (nSPS) is 11.1. The molecule has 0 unspecified atom stereocenters. The lowest BCUT2D eigenvalue weighted by Gasteiger charge is -2.19. The van der Waals surface area contributed by atoms with Gasteiger partial charge < -0.3 is 9.84 Å². The molecule has 1 rings (SSSR count). The first-order valence-electron chi connectivity index (χ1n) is 5.78. The Bertz CT molecular complexity index is 425. The van der Waals surface area contributed by atoms with Gasteiger partial charge in [-0.15, -0.1) is 0 Å². The minimum absolute atomic E-state index is 0.194. The molecule has 5 nitrogen and oxygen atoms in total. The van der Waals surface area contributed by atoms with Crippen LogP contribution in [-0.2, 0) is 11.3 Å². The predicted octanol–water partition coefficient (Wildman–Crippen LogP) is 2.23. The first kappa shape index (κ1) is 14.3. The van der Waals surface area contributed by atoms with Crippen molar-refractivity contribution in [3.63, 3.8) is 0 Å². The first-order valence-corrected chi connectivity index (χ1v) is 5.78. The molecule has 0 bridgehead atoms. The molecule has 0 aromatic heterocycles. The number of ether oxygens (including phenoxy) is 1. The maximum absolute atomic E-state index is 11.3. The van der Waals surface area contributed by atoms with Crippen LogP contribution in [0.2, 0.25) is 0 Å². The molecule has 0 radical (unpaired) electrons. The minimum Gasteiger partial charge on any atom is -0.508 e. The van der Waals surface area contributed by atoms with Crippen molar-refractivity contribution in [2.24, 2.45) is 0 Å². The van der Waals surface area contributed by atoms with Crippen molar-refractivity contribution in [3.8, 4) is 5.75 Å². The van der Waals surface area contributed by atoms with E-state index in [9.17, 15) is 9.90 Å². The number of phenolic OH excluding ortho intramolecular Hbond substituents is 1. The van der Waals surface area contributed by atoms with Crippen LogP contribution in [0, 0.1) is 6.92 Å². The number of aromatic hydroxyl groups is 1. The molecule has 1 amide bonds. The van der Waals surface area contributed by atoms with Gasteiger partial charge in [-0.3, -0.25) is 5.43 Å². The summed E-state index contributed by atoms with van der Waals surface area (Å²) in [6, 6.07) is 5.29. The van der Waals surface area contributed by atoms with E-state index < -0.39 is 11.7 Å². The highest BCUT2D eigenvalue weighted by Crippen LogP contribution is 2.17. The van der Waals surface area contributed by atoms with Gasteiger partial charge >= 0.3 is 6.09 Å². The van der Waals surface area contributed by atoms with Gasteiger partial charge in [0, 0.05) is 12.1 Å². The summed E-state index contributed by atoms with van der Waals surface area (Å²) in [5.74, 6) is 0.194. The SMILES string of the molecule is Cc1ccc(O)c(CNNC(=O)OC(C)(C)C)c1. The zero-order valence-corrected chi connectivity index (χ0v) is 11.2. The Kier molecular flexibility index (Phi) is 4.55. The monoisotopic (exact) mass is 252 g/mol. The third-order valence-electron chi connectivity index (χ3n) is 2.10. The number of carbonyl (C=O) groups is 1. The number of hydrogen-bond donors (Lipinski definition) is 3. The van der Waals surface area contributed by atoms with Gasteiger partial charge in [0.15, 0.2) is 0 Å². The Morgan fingerprint density at radius 1 is 1.39 bits per heavy atom. The van der Waals surface area contributed by atoms with Crippen molar-refractivity contribution in [2.75, 3.05) is 0 Å². The van der Waals surface area contributed by atoms with Crippen LogP contribution < -0.4 is 10.9 Å². The summed E-state index contributed by atoms with van der Waals surface area (Å²) in [5.41, 5.74) is 6.35. The van der Waals surface area contributed by atoms with Gasteiger partial charge in [0.05, 0.1) is 0 Å². The second-order valence-electron chi connectivity index (χ2n) is 5.11. The predicted molar refractivity (Wildman–Crippen MR) is 69.1 cm³/mol. The molecule has 100 valence electrons. The summed E-state index contributed by atoms with van der Waals surface area (Å²) in [6.07, 6.45) is -0.547. The van der Waals surface area contributed by atoms with Crippen molar-refractivity contribution >= 4 is 6.09 Å². The summed E-state index contributed by atoms with van der Waals surface area (Å²) >= 11 is 0. The highest BCUT2D eigenvalue weighted by atomic mass is 16.6. The molecule has 1 aromatic carbocycles. The Labute approximate surface area is 107 Å². The van der Waals surface area contributed by atoms with E-state index in [1.807, 2.05) is 19.1 Å². The molecule has 5 heteroatoms. The van der Waals surface area contributed by atoms with Gasteiger partial charge in [0.1, 0.15) is 11.4 Å². The molecule has 1 aromatic rings. The summed E-state index contributed by atoms with van der Waals surface area (Å²) < 4.78 is 5.05. The Balaban J connectivity index is 2.42. The van der Waals surface area contributed by atoms with Crippen LogP contribution in [0.1, 0.15) is 31.9 Å². The molecule has 18 heavy (non-hydrogen) atoms. The van der Waals surface area contributed by atoms with Gasteiger partial charge in [-0.1, -0.05) is 17.7 Å². The smallest absolute Gasteiger partial charge is 0.422 e. The lowest BCUT2D eigenvalue weighted by Crippen LogP contribution is -2.40. The number of carbonyl (C=O) groups excluding carboxylic acids is 1. The zero-order chi connectivity index (χ0) is 13.8. The molecular weight excluding hydrogens is 232 g/mol. The fourth-order valence-electron chi connectivity index (χ4n) is 1.37. The van der Waals surface area contributed by atoms with Crippen LogP contribution in [0.4, 0.5) is 4.79 Å². The zero-order valence-electron chi connectivity index (χ0n) is 11.2. The van der Waals surface area contributed by atoms with Crippen molar-refractivity contribution in [1.29, 1.82) is 0 Å². The number of phenols is 1. The summed E-state index contributed by atoms with van der Waals surface area (Å²) in [7, 11) is 0. The minimum atomic E-state index is -0.547. The van der Waals surface area contributed by atoms with E-state index in [1.165, 1.54) is 0 Å². The van der Waals surface area contributed by atoms with Crippen LogP contribution in [0.5, 0.6) is 5.75 Å². The second kappa shape index (κ2) is 5.73. The number of hydrogen-bond acceptors (Lipinski definition) is 4. The standard InChI is InChI=1S/C13H20N2O3/c1-9-5-6-11(16)10(7-9)8-14-15-12(17)18-13(2,3)4/h5-7,14,16H,8H2,1-4H3,(H,15,17). The molecular formula is C13H20N2O3. The maximum atomic E-state index is 11.3. The topological polar surface area (TPSA) is 70.6 Å². The number of nitrogens with one attached hydrogen (secondary N) is 2. The van der Waals surface area contributed by atoms with Crippen LogP contribution in [0.25, 0.3) is 0 Å². The molecule has 0 saturated carbocycles. The van der Waals surface area contributed by atoms with Gasteiger partial charge in [0.2, 0.25) is 0 Å². The van der Waals surface area contributed by atoms with E-state index in [0.29, 0.717) is 12.1 Å². The van der Waals surface area contributed by atoms with Crippen molar-refractivity contribution in [1.82, 2.24) is 10.9 Å². The van der Waals surface area contributed by atoms with Gasteiger partial charge in [-0.2, -0.15) is 0 Å². The third kappa shape index (κ3) is 5.05. The first-order chi connectivity index (χ1) is 8.28. The molecule has 0 fully saturated rings. The highest BCUT2D eigenvalue weighted by Gasteiger charge is 2.15. The van der Waals surface area contributed by atoms with Crippen LogP contribution in [-0.4, -0.2) is 16.8 Å². The lowest BCUT2D eigenvalue weighted by atomic mass is 10.1. The maximum Gasteiger partial charge on any atom is 0.422 e. The average molecular weight is 252 g/mol. The number of aryl methyl sites for hydroxylation is 1. The number of rotatable bonds is 3.